The van der Waals surface area contributed by atoms with Crippen LogP contribution in [0.15, 0.2) is 6.07 Å². The molecule has 1 fully saturated rings. The van der Waals surface area contributed by atoms with E-state index in [9.17, 15) is 4.39 Å². The molecule has 5 N–H and O–H groups in total. The predicted octanol–water partition coefficient (Wildman–Crippen LogP) is 3.49. The summed E-state index contributed by atoms with van der Waals surface area (Å²) in [5.74, 6) is 0.567. The Morgan fingerprint density at radius 1 is 1.28 bits per heavy atom. The molecule has 1 aromatic rings. The first-order valence-electron chi connectivity index (χ1n) is 6.21. The number of hydrogen-bond donors (Lipinski definition) is 3. The molecule has 0 bridgehead atoms. The average Bonchev–Trinajstić information content (AvgIpc) is 2.63. The van der Waals surface area contributed by atoms with Crippen molar-refractivity contribution in [1.82, 2.24) is 0 Å². The van der Waals surface area contributed by atoms with Gasteiger partial charge in [-0.15, -0.1) is 0 Å². The van der Waals surface area contributed by atoms with Gasteiger partial charge in [0.2, 0.25) is 0 Å². The number of benzene rings is 1. The highest BCUT2D eigenvalue weighted by Crippen LogP contribution is 2.38. The zero-order valence-corrected chi connectivity index (χ0v) is 11.4. The Balaban J connectivity index is 2.27. The minimum atomic E-state index is -0.555. The summed E-state index contributed by atoms with van der Waals surface area (Å²) in [5, 5.41) is 3.12. The predicted molar refractivity (Wildman–Crippen MR) is 75.2 cm³/mol. The van der Waals surface area contributed by atoms with Crippen molar-refractivity contribution in [2.45, 2.75) is 32.7 Å². The van der Waals surface area contributed by atoms with E-state index < -0.39 is 5.82 Å². The number of hydrogen-bond acceptors (Lipinski definition) is 3. The van der Waals surface area contributed by atoms with Gasteiger partial charge >= 0.3 is 0 Å². The van der Waals surface area contributed by atoms with Crippen LogP contribution in [0.4, 0.5) is 21.5 Å². The maximum atomic E-state index is 14.0. The Morgan fingerprint density at radius 3 is 2.50 bits per heavy atom. The van der Waals surface area contributed by atoms with Gasteiger partial charge in [-0.3, -0.25) is 0 Å². The van der Waals surface area contributed by atoms with Gasteiger partial charge < -0.3 is 16.8 Å². The first kappa shape index (κ1) is 13.3. The van der Waals surface area contributed by atoms with E-state index in [-0.39, 0.29) is 22.4 Å². The summed E-state index contributed by atoms with van der Waals surface area (Å²) in [4.78, 5) is 0. The maximum Gasteiger partial charge on any atom is 0.169 e. The molecular weight excluding hydrogens is 253 g/mol. The molecule has 0 heterocycles. The Hall–Kier alpha value is -1.16. The number of halogens is 2. The second kappa shape index (κ2) is 4.84. The molecule has 1 saturated carbocycles. The molecule has 1 aliphatic carbocycles. The van der Waals surface area contributed by atoms with Gasteiger partial charge in [0.25, 0.3) is 0 Å². The van der Waals surface area contributed by atoms with E-state index in [1.807, 2.05) is 0 Å². The van der Waals surface area contributed by atoms with Gasteiger partial charge in [0.1, 0.15) is 5.02 Å². The molecule has 100 valence electrons. The van der Waals surface area contributed by atoms with E-state index in [1.165, 1.54) is 6.07 Å². The van der Waals surface area contributed by atoms with Gasteiger partial charge in [-0.05, 0) is 30.7 Å². The van der Waals surface area contributed by atoms with Crippen molar-refractivity contribution in [3.05, 3.63) is 16.9 Å². The minimum Gasteiger partial charge on any atom is -0.397 e. The number of nitrogens with one attached hydrogen (secondary N) is 1. The van der Waals surface area contributed by atoms with Crippen molar-refractivity contribution >= 4 is 28.7 Å². The Bertz CT molecular complexity index is 464. The second-order valence-corrected chi connectivity index (χ2v) is 5.60. The summed E-state index contributed by atoms with van der Waals surface area (Å²) < 4.78 is 14.0. The van der Waals surface area contributed by atoms with Gasteiger partial charge in [-0.25, -0.2) is 4.39 Å². The zero-order valence-electron chi connectivity index (χ0n) is 10.6. The molecule has 3 atom stereocenters. The quantitative estimate of drug-likeness (QED) is 0.722. The van der Waals surface area contributed by atoms with Crippen LogP contribution in [0.25, 0.3) is 0 Å². The highest BCUT2D eigenvalue weighted by Gasteiger charge is 2.30. The third-order valence-electron chi connectivity index (χ3n) is 4.06. The lowest BCUT2D eigenvalue weighted by molar-refractivity contribution is 0.434. The molecule has 3 unspecified atom stereocenters. The normalized spacial score (nSPS) is 27.4. The summed E-state index contributed by atoms with van der Waals surface area (Å²) >= 11 is 5.81. The third-order valence-corrected chi connectivity index (χ3v) is 4.44. The maximum absolute atomic E-state index is 14.0. The third kappa shape index (κ3) is 2.21. The van der Waals surface area contributed by atoms with Crippen LogP contribution < -0.4 is 16.8 Å². The van der Waals surface area contributed by atoms with Crippen LogP contribution in [0.1, 0.15) is 26.7 Å². The molecule has 3 nitrogen and oxygen atoms in total. The topological polar surface area (TPSA) is 64.1 Å². The van der Waals surface area contributed by atoms with E-state index in [4.69, 9.17) is 23.1 Å². The highest BCUT2D eigenvalue weighted by molar-refractivity contribution is 6.33. The Labute approximate surface area is 112 Å². The first-order chi connectivity index (χ1) is 8.41. The van der Waals surface area contributed by atoms with E-state index in [2.05, 4.69) is 19.2 Å². The van der Waals surface area contributed by atoms with Crippen molar-refractivity contribution in [2.24, 2.45) is 11.8 Å². The van der Waals surface area contributed by atoms with Crippen molar-refractivity contribution in [2.75, 3.05) is 16.8 Å². The lowest BCUT2D eigenvalue weighted by Crippen LogP contribution is -2.25. The standard InChI is InChI=1S/C13H19ClFN3/c1-6-3-4-10(7(6)2)18-13-9(17)5-8(16)11(14)12(13)15/h5-7,10,18H,3-4,16-17H2,1-2H3. The fourth-order valence-corrected chi connectivity index (χ4v) is 2.72. The summed E-state index contributed by atoms with van der Waals surface area (Å²) in [6.45, 7) is 4.38. The molecular formula is C13H19ClFN3. The van der Waals surface area contributed by atoms with Crippen LogP contribution >= 0.6 is 11.6 Å². The molecule has 0 aromatic heterocycles. The molecule has 5 heteroatoms. The highest BCUT2D eigenvalue weighted by atomic mass is 35.5. The summed E-state index contributed by atoms with van der Waals surface area (Å²) in [7, 11) is 0. The lowest BCUT2D eigenvalue weighted by atomic mass is 9.97. The number of nitrogen functional groups attached to an aromatic ring is 2. The monoisotopic (exact) mass is 271 g/mol. The van der Waals surface area contributed by atoms with E-state index >= 15 is 0 Å². The van der Waals surface area contributed by atoms with Crippen molar-refractivity contribution in [3.8, 4) is 0 Å². The minimum absolute atomic E-state index is 0.0644. The van der Waals surface area contributed by atoms with Crippen LogP contribution in [0.2, 0.25) is 5.02 Å². The Kier molecular flexibility index (Phi) is 3.57. The molecule has 0 saturated heterocycles. The van der Waals surface area contributed by atoms with Crippen LogP contribution in [-0.4, -0.2) is 6.04 Å². The van der Waals surface area contributed by atoms with E-state index in [0.717, 1.165) is 12.8 Å². The van der Waals surface area contributed by atoms with Crippen molar-refractivity contribution in [1.29, 1.82) is 0 Å². The van der Waals surface area contributed by atoms with Crippen molar-refractivity contribution < 1.29 is 4.39 Å². The molecule has 0 amide bonds. The van der Waals surface area contributed by atoms with Crippen LogP contribution in [0.3, 0.4) is 0 Å². The fraction of sp³-hybridized carbons (Fsp3) is 0.538. The van der Waals surface area contributed by atoms with Crippen LogP contribution in [-0.2, 0) is 0 Å². The first-order valence-corrected chi connectivity index (χ1v) is 6.59. The van der Waals surface area contributed by atoms with Gasteiger partial charge in [-0.2, -0.15) is 0 Å². The largest absolute Gasteiger partial charge is 0.397 e. The smallest absolute Gasteiger partial charge is 0.169 e. The molecule has 0 radical (unpaired) electrons. The van der Waals surface area contributed by atoms with Gasteiger partial charge in [0, 0.05) is 6.04 Å². The van der Waals surface area contributed by atoms with Crippen LogP contribution in [0, 0.1) is 17.7 Å². The van der Waals surface area contributed by atoms with Gasteiger partial charge in [0.05, 0.1) is 17.1 Å². The second-order valence-electron chi connectivity index (χ2n) is 5.22. The SMILES string of the molecule is CC1CCC(Nc2c(N)cc(N)c(Cl)c2F)C1C. The molecule has 18 heavy (non-hydrogen) atoms. The van der Waals surface area contributed by atoms with Crippen LogP contribution in [0.5, 0.6) is 0 Å². The summed E-state index contributed by atoms with van der Waals surface area (Å²) in [6, 6.07) is 1.73. The average molecular weight is 272 g/mol. The molecule has 1 aromatic carbocycles. The molecule has 1 aliphatic rings. The van der Waals surface area contributed by atoms with Crippen molar-refractivity contribution in [3.63, 3.8) is 0 Å². The summed E-state index contributed by atoms with van der Waals surface area (Å²) in [6.07, 6.45) is 2.16. The summed E-state index contributed by atoms with van der Waals surface area (Å²) in [5.41, 5.74) is 12.1. The molecule has 0 aliphatic heterocycles. The number of anilines is 3. The van der Waals surface area contributed by atoms with Gasteiger partial charge in [0.15, 0.2) is 5.82 Å². The number of nitrogens with two attached hydrogens (primary N) is 2. The fourth-order valence-electron chi connectivity index (χ4n) is 2.57. The zero-order chi connectivity index (χ0) is 13.4. The Morgan fingerprint density at radius 2 is 1.94 bits per heavy atom. The van der Waals surface area contributed by atoms with E-state index in [1.54, 1.807) is 0 Å². The van der Waals surface area contributed by atoms with E-state index in [0.29, 0.717) is 17.5 Å². The number of rotatable bonds is 2. The lowest BCUT2D eigenvalue weighted by Gasteiger charge is -2.22. The van der Waals surface area contributed by atoms with Gasteiger partial charge in [-0.1, -0.05) is 25.4 Å². The molecule has 2 rings (SSSR count). The molecule has 0 spiro atoms.